The molecule has 0 fully saturated rings. The minimum atomic E-state index is -0.526. The molecule has 0 saturated carbocycles. The topological polar surface area (TPSA) is 93.0 Å². The molecule has 4 N–H and O–H groups in total. The number of phenolic OH excluding ortho intramolecular Hbond substituents is 1. The Labute approximate surface area is 168 Å². The second kappa shape index (κ2) is 10.4. The van der Waals surface area contributed by atoms with Crippen LogP contribution in [0.3, 0.4) is 0 Å². The highest BCUT2D eigenvalue weighted by Gasteiger charge is 2.15. The van der Waals surface area contributed by atoms with E-state index in [0.717, 1.165) is 5.69 Å². The number of hydrogen-bond acceptors (Lipinski definition) is 5. The Kier molecular flexibility index (Phi) is 8.19. The minimum Gasteiger partial charge on any atom is -0.507 e. The zero-order chi connectivity index (χ0) is 19.8. The number of aliphatic hydroxyl groups excluding tert-OH is 2. The van der Waals surface area contributed by atoms with Crippen LogP contribution in [-0.4, -0.2) is 47.5 Å². The van der Waals surface area contributed by atoms with E-state index in [2.05, 4.69) is 5.32 Å². The summed E-state index contributed by atoms with van der Waals surface area (Å²) >= 11 is 12.2. The monoisotopic (exact) mass is 412 g/mol. The fraction of sp³-hybridized carbons (Fsp3) is 0.316. The van der Waals surface area contributed by atoms with Gasteiger partial charge in [0.2, 0.25) is 0 Å². The molecule has 0 aliphatic heterocycles. The lowest BCUT2D eigenvalue weighted by Gasteiger charge is -2.25. The van der Waals surface area contributed by atoms with Gasteiger partial charge in [0.05, 0.1) is 16.3 Å². The first kappa shape index (κ1) is 21.3. The quantitative estimate of drug-likeness (QED) is 0.505. The van der Waals surface area contributed by atoms with Crippen molar-refractivity contribution in [3.63, 3.8) is 0 Å². The van der Waals surface area contributed by atoms with Crippen molar-refractivity contribution in [2.24, 2.45) is 0 Å². The highest BCUT2D eigenvalue weighted by atomic mass is 35.5. The molecular formula is C19H22Cl2N2O4. The van der Waals surface area contributed by atoms with Crippen LogP contribution in [0.1, 0.15) is 23.2 Å². The first-order chi connectivity index (χ1) is 13.0. The summed E-state index contributed by atoms with van der Waals surface area (Å²) in [6.45, 7) is 1.38. The van der Waals surface area contributed by atoms with Crippen LogP contribution in [0.15, 0.2) is 36.4 Å². The number of nitrogens with zero attached hydrogens (tertiary/aromatic N) is 1. The average Bonchev–Trinajstić information content (AvgIpc) is 2.65. The molecule has 0 radical (unpaired) electrons. The number of halogens is 2. The lowest BCUT2D eigenvalue weighted by atomic mass is 10.1. The zero-order valence-corrected chi connectivity index (χ0v) is 16.2. The van der Waals surface area contributed by atoms with Gasteiger partial charge in [0.15, 0.2) is 0 Å². The molecule has 2 rings (SSSR count). The summed E-state index contributed by atoms with van der Waals surface area (Å²) in [7, 11) is 0. The van der Waals surface area contributed by atoms with E-state index in [1.54, 1.807) is 18.2 Å². The summed E-state index contributed by atoms with van der Waals surface area (Å²) in [5.41, 5.74) is 1.27. The van der Waals surface area contributed by atoms with Gasteiger partial charge in [-0.2, -0.15) is 0 Å². The van der Waals surface area contributed by atoms with Gasteiger partial charge in [-0.1, -0.05) is 23.2 Å². The Hall–Kier alpha value is -1.99. The summed E-state index contributed by atoms with van der Waals surface area (Å²) in [5.74, 6) is -0.703. The third kappa shape index (κ3) is 6.01. The van der Waals surface area contributed by atoms with E-state index in [1.165, 1.54) is 18.2 Å². The molecule has 0 aliphatic carbocycles. The normalized spacial score (nSPS) is 10.7. The van der Waals surface area contributed by atoms with Crippen LogP contribution in [0.2, 0.25) is 10.0 Å². The fourth-order valence-corrected chi connectivity index (χ4v) is 2.97. The molecule has 0 bridgehead atoms. The van der Waals surface area contributed by atoms with Gasteiger partial charge in [-0.3, -0.25) is 4.79 Å². The number of phenols is 1. The molecule has 0 heterocycles. The Morgan fingerprint density at radius 2 is 1.67 bits per heavy atom. The smallest absolute Gasteiger partial charge is 0.259 e. The largest absolute Gasteiger partial charge is 0.507 e. The van der Waals surface area contributed by atoms with E-state index in [9.17, 15) is 9.90 Å². The number of nitrogens with one attached hydrogen (secondary N) is 1. The molecule has 0 saturated heterocycles. The Morgan fingerprint density at radius 1 is 1.00 bits per heavy atom. The molecule has 8 heteroatoms. The number of carbonyl (C=O) groups is 1. The van der Waals surface area contributed by atoms with Crippen LogP contribution in [0.5, 0.6) is 5.75 Å². The number of hydrogen-bond donors (Lipinski definition) is 4. The number of aromatic hydroxyl groups is 1. The summed E-state index contributed by atoms with van der Waals surface area (Å²) in [5, 5.41) is 31.3. The zero-order valence-electron chi connectivity index (χ0n) is 14.7. The maximum Gasteiger partial charge on any atom is 0.259 e. The molecule has 6 nitrogen and oxygen atoms in total. The molecule has 2 aromatic rings. The van der Waals surface area contributed by atoms with Gasteiger partial charge in [-0.05, 0) is 49.2 Å². The van der Waals surface area contributed by atoms with Crippen LogP contribution in [-0.2, 0) is 0 Å². The molecule has 0 spiro atoms. The maximum atomic E-state index is 12.4. The average molecular weight is 413 g/mol. The van der Waals surface area contributed by atoms with E-state index in [1.807, 2.05) is 4.90 Å². The van der Waals surface area contributed by atoms with Crippen LogP contribution in [0, 0.1) is 0 Å². The Balaban J connectivity index is 2.17. The molecule has 1 amide bonds. The van der Waals surface area contributed by atoms with Gasteiger partial charge in [0, 0.05) is 37.0 Å². The van der Waals surface area contributed by atoms with Crippen LogP contribution in [0.4, 0.5) is 11.4 Å². The first-order valence-electron chi connectivity index (χ1n) is 8.52. The number of carbonyl (C=O) groups excluding carboxylic acids is 1. The number of rotatable bonds is 9. The number of aliphatic hydroxyl groups is 2. The lowest BCUT2D eigenvalue weighted by Crippen LogP contribution is -2.27. The van der Waals surface area contributed by atoms with Crippen molar-refractivity contribution in [2.75, 3.05) is 36.5 Å². The molecular weight excluding hydrogens is 391 g/mol. The molecule has 0 aromatic heterocycles. The third-order valence-corrected chi connectivity index (χ3v) is 4.49. The number of benzene rings is 2. The number of amides is 1. The van der Waals surface area contributed by atoms with E-state index >= 15 is 0 Å². The molecule has 0 aliphatic rings. The van der Waals surface area contributed by atoms with Crippen molar-refractivity contribution in [3.8, 4) is 5.75 Å². The number of anilines is 2. The molecule has 2 aromatic carbocycles. The molecule has 0 atom stereocenters. The van der Waals surface area contributed by atoms with E-state index in [4.69, 9.17) is 33.4 Å². The second-order valence-electron chi connectivity index (χ2n) is 5.92. The third-order valence-electron chi connectivity index (χ3n) is 3.94. The predicted octanol–water partition coefficient (Wildman–Crippen LogP) is 3.52. The summed E-state index contributed by atoms with van der Waals surface area (Å²) in [6.07, 6.45) is 1.19. The highest BCUT2D eigenvalue weighted by Crippen LogP contribution is 2.29. The van der Waals surface area contributed by atoms with E-state index in [0.29, 0.717) is 41.7 Å². The fourth-order valence-electron chi connectivity index (χ4n) is 2.58. The SMILES string of the molecule is O=C(Nc1ccc(N(CCCO)CCCO)cc1Cl)c1cc(Cl)ccc1O. The van der Waals surface area contributed by atoms with Crippen LogP contribution in [0.25, 0.3) is 0 Å². The first-order valence-corrected chi connectivity index (χ1v) is 9.28. The van der Waals surface area contributed by atoms with Crippen LogP contribution >= 0.6 is 23.2 Å². The highest BCUT2D eigenvalue weighted by molar-refractivity contribution is 6.34. The standard InChI is InChI=1S/C19H22Cl2N2O4/c20-13-3-6-18(26)15(11-13)19(27)22-17-5-4-14(12-16(17)21)23(7-1-9-24)8-2-10-25/h3-6,11-12,24-26H,1-2,7-10H2,(H,22,27). The Morgan fingerprint density at radius 3 is 2.26 bits per heavy atom. The van der Waals surface area contributed by atoms with Crippen molar-refractivity contribution in [3.05, 3.63) is 52.0 Å². The molecule has 0 unspecified atom stereocenters. The van der Waals surface area contributed by atoms with E-state index in [-0.39, 0.29) is 24.5 Å². The van der Waals surface area contributed by atoms with E-state index < -0.39 is 5.91 Å². The van der Waals surface area contributed by atoms with Gasteiger partial charge >= 0.3 is 0 Å². The van der Waals surface area contributed by atoms with Crippen molar-refractivity contribution in [1.29, 1.82) is 0 Å². The minimum absolute atomic E-state index is 0.0511. The van der Waals surface area contributed by atoms with Gasteiger partial charge in [-0.25, -0.2) is 0 Å². The molecule has 146 valence electrons. The summed E-state index contributed by atoms with van der Waals surface area (Å²) in [4.78, 5) is 14.4. The van der Waals surface area contributed by atoms with Crippen LogP contribution < -0.4 is 10.2 Å². The summed E-state index contributed by atoms with van der Waals surface area (Å²) < 4.78 is 0. The predicted molar refractivity (Wildman–Crippen MR) is 108 cm³/mol. The maximum absolute atomic E-state index is 12.4. The van der Waals surface area contributed by atoms with Gasteiger partial charge in [0.25, 0.3) is 5.91 Å². The van der Waals surface area contributed by atoms with Crippen molar-refractivity contribution in [2.45, 2.75) is 12.8 Å². The van der Waals surface area contributed by atoms with Gasteiger partial charge < -0.3 is 25.5 Å². The molecule has 27 heavy (non-hydrogen) atoms. The van der Waals surface area contributed by atoms with Crippen molar-refractivity contribution >= 4 is 40.5 Å². The lowest BCUT2D eigenvalue weighted by molar-refractivity contribution is 0.102. The van der Waals surface area contributed by atoms with Crippen molar-refractivity contribution in [1.82, 2.24) is 0 Å². The Bertz CT molecular complexity index is 778. The summed E-state index contributed by atoms with van der Waals surface area (Å²) in [6, 6.07) is 9.39. The second-order valence-corrected chi connectivity index (χ2v) is 6.76. The van der Waals surface area contributed by atoms with Crippen molar-refractivity contribution < 1.29 is 20.1 Å². The van der Waals surface area contributed by atoms with Gasteiger partial charge in [0.1, 0.15) is 5.75 Å². The van der Waals surface area contributed by atoms with Gasteiger partial charge in [-0.15, -0.1) is 0 Å².